The molecule has 0 atom stereocenters. The number of methoxy groups -OCH3 is 1. The molecule has 0 radical (unpaired) electrons. The molecule has 6 nitrogen and oxygen atoms in total. The number of carbonyl (C=O) groups is 2. The minimum Gasteiger partial charge on any atom is -0.453 e. The highest BCUT2D eigenvalue weighted by Gasteiger charge is 2.24. The molecule has 0 aliphatic carbocycles. The maximum absolute atomic E-state index is 12.1. The van der Waals surface area contributed by atoms with Crippen LogP contribution >= 0.6 is 0 Å². The molecule has 0 aromatic carbocycles. The lowest BCUT2D eigenvalue weighted by atomic mass is 10.1. The first-order valence-corrected chi connectivity index (χ1v) is 7.03. The number of hydrogen-bond acceptors (Lipinski definition) is 4. The number of rotatable bonds is 2. The normalized spacial score (nSPS) is 21.3. The summed E-state index contributed by atoms with van der Waals surface area (Å²) < 4.78 is 4.69. The van der Waals surface area contributed by atoms with E-state index in [1.165, 1.54) is 13.5 Å². The monoisotopic (exact) mass is 269 g/mol. The smallest absolute Gasteiger partial charge is 0.409 e. The Morgan fingerprint density at radius 2 is 1.53 bits per heavy atom. The molecule has 2 aliphatic rings. The van der Waals surface area contributed by atoms with E-state index in [0.717, 1.165) is 39.0 Å². The highest BCUT2D eigenvalue weighted by atomic mass is 16.5. The predicted molar refractivity (Wildman–Crippen MR) is 70.8 cm³/mol. The van der Waals surface area contributed by atoms with Crippen LogP contribution in [0.25, 0.3) is 0 Å². The zero-order valence-corrected chi connectivity index (χ0v) is 11.6. The van der Waals surface area contributed by atoms with E-state index in [1.807, 2.05) is 4.90 Å². The summed E-state index contributed by atoms with van der Waals surface area (Å²) in [6.07, 6.45) is 3.22. The molecule has 108 valence electrons. The molecule has 2 heterocycles. The van der Waals surface area contributed by atoms with Crippen molar-refractivity contribution in [3.05, 3.63) is 0 Å². The Hall–Kier alpha value is -1.30. The van der Waals surface area contributed by atoms with Gasteiger partial charge in [0.15, 0.2) is 0 Å². The molecule has 2 rings (SSSR count). The van der Waals surface area contributed by atoms with Crippen molar-refractivity contribution < 1.29 is 14.3 Å². The molecule has 2 amide bonds. The maximum Gasteiger partial charge on any atom is 0.409 e. The van der Waals surface area contributed by atoms with Crippen molar-refractivity contribution in [3.8, 4) is 0 Å². The first-order chi connectivity index (χ1) is 9.20. The summed E-state index contributed by atoms with van der Waals surface area (Å²) in [5, 5.41) is 0. The lowest BCUT2D eigenvalue weighted by Crippen LogP contribution is -2.52. The zero-order chi connectivity index (χ0) is 13.7. The predicted octanol–water partition coefficient (Wildman–Crippen LogP) is 0.383. The summed E-state index contributed by atoms with van der Waals surface area (Å²) in [6.45, 7) is 5.06. The minimum absolute atomic E-state index is 0.228. The molecule has 0 aromatic rings. The molecule has 0 aromatic heterocycles. The van der Waals surface area contributed by atoms with Crippen molar-refractivity contribution in [1.29, 1.82) is 0 Å². The van der Waals surface area contributed by atoms with E-state index >= 15 is 0 Å². The van der Waals surface area contributed by atoms with Crippen molar-refractivity contribution in [2.45, 2.75) is 19.3 Å². The Balaban J connectivity index is 1.72. The number of ether oxygens (including phenoxy) is 1. The fraction of sp³-hybridized carbons (Fsp3) is 0.846. The van der Waals surface area contributed by atoms with E-state index < -0.39 is 0 Å². The second-order valence-electron chi connectivity index (χ2n) is 5.17. The molecule has 2 fully saturated rings. The summed E-state index contributed by atoms with van der Waals surface area (Å²) in [5.74, 6) is 0.228. The van der Waals surface area contributed by atoms with Gasteiger partial charge in [0, 0.05) is 39.3 Å². The zero-order valence-electron chi connectivity index (χ0n) is 11.6. The Morgan fingerprint density at radius 1 is 0.895 bits per heavy atom. The van der Waals surface area contributed by atoms with Crippen molar-refractivity contribution in [2.75, 3.05) is 52.9 Å². The van der Waals surface area contributed by atoms with Gasteiger partial charge in [-0.3, -0.25) is 9.69 Å². The van der Waals surface area contributed by atoms with Crippen molar-refractivity contribution in [1.82, 2.24) is 14.7 Å². The number of amides is 2. The third-order valence-corrected chi connectivity index (χ3v) is 3.87. The molecule has 0 bridgehead atoms. The highest BCUT2D eigenvalue weighted by molar-refractivity contribution is 5.78. The summed E-state index contributed by atoms with van der Waals surface area (Å²) in [4.78, 5) is 29.2. The van der Waals surface area contributed by atoms with Crippen LogP contribution in [0.5, 0.6) is 0 Å². The molecule has 6 heteroatoms. The Labute approximate surface area is 114 Å². The minimum atomic E-state index is -0.276. The van der Waals surface area contributed by atoms with Crippen LogP contribution in [-0.4, -0.2) is 79.6 Å². The second-order valence-corrected chi connectivity index (χ2v) is 5.17. The van der Waals surface area contributed by atoms with Gasteiger partial charge in [-0.15, -0.1) is 0 Å². The molecule has 0 spiro atoms. The van der Waals surface area contributed by atoms with Gasteiger partial charge in [0.2, 0.25) is 5.91 Å². The van der Waals surface area contributed by atoms with Gasteiger partial charge in [0.25, 0.3) is 0 Å². The van der Waals surface area contributed by atoms with E-state index in [0.29, 0.717) is 19.6 Å². The molecular weight excluding hydrogens is 246 g/mol. The maximum atomic E-state index is 12.1. The van der Waals surface area contributed by atoms with Crippen LogP contribution in [0.4, 0.5) is 4.79 Å². The fourth-order valence-electron chi connectivity index (χ4n) is 2.65. The van der Waals surface area contributed by atoms with E-state index in [9.17, 15) is 9.59 Å². The SMILES string of the molecule is COC(=O)N1CCN(CC(=O)N2CCCCC2)CC1. The van der Waals surface area contributed by atoms with Crippen molar-refractivity contribution in [3.63, 3.8) is 0 Å². The molecule has 0 N–H and O–H groups in total. The van der Waals surface area contributed by atoms with Gasteiger partial charge in [-0.25, -0.2) is 4.79 Å². The van der Waals surface area contributed by atoms with Gasteiger partial charge in [-0.05, 0) is 19.3 Å². The lowest BCUT2D eigenvalue weighted by Gasteiger charge is -2.35. The number of piperazine rings is 1. The van der Waals surface area contributed by atoms with Crippen LogP contribution in [-0.2, 0) is 9.53 Å². The number of piperidine rings is 1. The van der Waals surface area contributed by atoms with E-state index in [4.69, 9.17) is 4.74 Å². The molecular formula is C13H23N3O3. The van der Waals surface area contributed by atoms with Gasteiger partial charge < -0.3 is 14.5 Å². The first-order valence-electron chi connectivity index (χ1n) is 7.03. The second kappa shape index (κ2) is 6.75. The molecule has 2 aliphatic heterocycles. The molecule has 19 heavy (non-hydrogen) atoms. The third-order valence-electron chi connectivity index (χ3n) is 3.87. The van der Waals surface area contributed by atoms with Crippen LogP contribution in [0, 0.1) is 0 Å². The Bertz CT molecular complexity index is 321. The van der Waals surface area contributed by atoms with Gasteiger partial charge in [-0.2, -0.15) is 0 Å². The Kier molecular flexibility index (Phi) is 5.01. The van der Waals surface area contributed by atoms with Crippen molar-refractivity contribution >= 4 is 12.0 Å². The van der Waals surface area contributed by atoms with E-state index in [1.54, 1.807) is 4.90 Å². The Morgan fingerprint density at radius 3 is 2.11 bits per heavy atom. The van der Waals surface area contributed by atoms with Crippen molar-refractivity contribution in [2.24, 2.45) is 0 Å². The standard InChI is InChI=1S/C13H23N3O3/c1-19-13(18)16-9-7-14(8-10-16)11-12(17)15-5-3-2-4-6-15/h2-11H2,1H3. The molecule has 0 unspecified atom stereocenters. The number of hydrogen-bond donors (Lipinski definition) is 0. The largest absolute Gasteiger partial charge is 0.453 e. The van der Waals surface area contributed by atoms with Gasteiger partial charge in [0.05, 0.1) is 13.7 Å². The molecule has 2 saturated heterocycles. The van der Waals surface area contributed by atoms with Crippen LogP contribution < -0.4 is 0 Å². The van der Waals surface area contributed by atoms with Crippen LogP contribution in [0.15, 0.2) is 0 Å². The van der Waals surface area contributed by atoms with Crippen LogP contribution in [0.2, 0.25) is 0 Å². The quantitative estimate of drug-likeness (QED) is 0.727. The topological polar surface area (TPSA) is 53.1 Å². The summed E-state index contributed by atoms with van der Waals surface area (Å²) in [5.41, 5.74) is 0. The third kappa shape index (κ3) is 3.83. The summed E-state index contributed by atoms with van der Waals surface area (Å²) in [6, 6.07) is 0. The summed E-state index contributed by atoms with van der Waals surface area (Å²) >= 11 is 0. The van der Waals surface area contributed by atoms with Gasteiger partial charge >= 0.3 is 6.09 Å². The average molecular weight is 269 g/mol. The number of nitrogens with zero attached hydrogens (tertiary/aromatic N) is 3. The van der Waals surface area contributed by atoms with Gasteiger partial charge in [-0.1, -0.05) is 0 Å². The average Bonchev–Trinajstić information content (AvgIpc) is 2.48. The van der Waals surface area contributed by atoms with E-state index in [2.05, 4.69) is 4.90 Å². The van der Waals surface area contributed by atoms with Crippen LogP contribution in [0.3, 0.4) is 0 Å². The van der Waals surface area contributed by atoms with Gasteiger partial charge in [0.1, 0.15) is 0 Å². The summed E-state index contributed by atoms with van der Waals surface area (Å²) in [7, 11) is 1.40. The van der Waals surface area contributed by atoms with Crippen LogP contribution in [0.1, 0.15) is 19.3 Å². The fourth-order valence-corrected chi connectivity index (χ4v) is 2.65. The lowest BCUT2D eigenvalue weighted by molar-refractivity contribution is -0.133. The number of carbonyl (C=O) groups excluding carboxylic acids is 2. The van der Waals surface area contributed by atoms with E-state index in [-0.39, 0.29) is 12.0 Å². The number of likely N-dealkylation sites (tertiary alicyclic amines) is 1. The highest BCUT2D eigenvalue weighted by Crippen LogP contribution is 2.10. The molecule has 0 saturated carbocycles. The first kappa shape index (κ1) is 14.1.